The Morgan fingerprint density at radius 2 is 1.73 bits per heavy atom. The van der Waals surface area contributed by atoms with E-state index < -0.39 is 5.82 Å². The van der Waals surface area contributed by atoms with E-state index in [9.17, 15) is 14.0 Å². The molecule has 22 heavy (non-hydrogen) atoms. The molecule has 0 heterocycles. The monoisotopic (exact) mass is 301 g/mol. The average Bonchev–Trinajstić information content (AvgIpc) is 2.54. The van der Waals surface area contributed by atoms with Gasteiger partial charge in [0.1, 0.15) is 5.82 Å². The molecule has 0 saturated carbocycles. The summed E-state index contributed by atoms with van der Waals surface area (Å²) >= 11 is 0. The highest BCUT2D eigenvalue weighted by Gasteiger charge is 2.06. The van der Waals surface area contributed by atoms with E-state index in [4.69, 9.17) is 0 Å². The molecule has 0 bridgehead atoms. The summed E-state index contributed by atoms with van der Waals surface area (Å²) in [7, 11) is 1.55. The van der Waals surface area contributed by atoms with Gasteiger partial charge in [0.25, 0.3) is 5.91 Å². The van der Waals surface area contributed by atoms with Crippen molar-refractivity contribution in [3.05, 3.63) is 59.9 Å². The molecule has 2 aromatic carbocycles. The van der Waals surface area contributed by atoms with Gasteiger partial charge in [-0.1, -0.05) is 12.1 Å². The Kier molecular flexibility index (Phi) is 5.08. The van der Waals surface area contributed by atoms with Gasteiger partial charge in [0, 0.05) is 18.3 Å². The van der Waals surface area contributed by atoms with Crippen LogP contribution in [0, 0.1) is 5.82 Å². The van der Waals surface area contributed by atoms with Crippen molar-refractivity contribution in [2.24, 2.45) is 0 Å². The normalized spacial score (nSPS) is 9.91. The first-order valence-corrected chi connectivity index (χ1v) is 6.70. The van der Waals surface area contributed by atoms with Crippen molar-refractivity contribution < 1.29 is 14.0 Å². The molecule has 2 amide bonds. The zero-order valence-corrected chi connectivity index (χ0v) is 12.0. The fraction of sp³-hybridized carbons (Fsp3) is 0.125. The largest absolute Gasteiger partial charge is 0.374 e. The lowest BCUT2D eigenvalue weighted by Crippen LogP contribution is -2.22. The summed E-state index contributed by atoms with van der Waals surface area (Å²) in [6.07, 6.45) is 0. The van der Waals surface area contributed by atoms with Gasteiger partial charge in [-0.25, -0.2) is 4.39 Å². The van der Waals surface area contributed by atoms with Crippen molar-refractivity contribution in [3.8, 4) is 0 Å². The maximum Gasteiger partial charge on any atom is 0.251 e. The van der Waals surface area contributed by atoms with E-state index in [0.717, 1.165) is 0 Å². The first kappa shape index (κ1) is 15.5. The van der Waals surface area contributed by atoms with Gasteiger partial charge in [-0.05, 0) is 36.4 Å². The van der Waals surface area contributed by atoms with Crippen LogP contribution in [0.3, 0.4) is 0 Å². The molecular formula is C16H16FN3O2. The van der Waals surface area contributed by atoms with Crippen molar-refractivity contribution >= 4 is 23.2 Å². The number of hydrogen-bond donors (Lipinski definition) is 3. The number of nitrogens with one attached hydrogen (secondary N) is 3. The van der Waals surface area contributed by atoms with E-state index >= 15 is 0 Å². The minimum atomic E-state index is -0.412. The number of para-hydroxylation sites is 1. The predicted molar refractivity (Wildman–Crippen MR) is 83.4 cm³/mol. The van der Waals surface area contributed by atoms with E-state index in [1.54, 1.807) is 49.5 Å². The molecule has 0 radical (unpaired) electrons. The van der Waals surface area contributed by atoms with E-state index in [2.05, 4.69) is 16.0 Å². The molecule has 2 rings (SSSR count). The fourth-order valence-electron chi connectivity index (χ4n) is 1.83. The highest BCUT2D eigenvalue weighted by Crippen LogP contribution is 2.12. The Hall–Kier alpha value is -2.89. The number of carbonyl (C=O) groups is 2. The van der Waals surface area contributed by atoms with Crippen molar-refractivity contribution in [2.75, 3.05) is 24.2 Å². The van der Waals surface area contributed by atoms with E-state index in [1.807, 2.05) is 0 Å². The number of hydrogen-bond acceptors (Lipinski definition) is 3. The van der Waals surface area contributed by atoms with Crippen LogP contribution in [0.5, 0.6) is 0 Å². The lowest BCUT2D eigenvalue weighted by Gasteiger charge is -2.09. The molecule has 0 aliphatic carbocycles. The Balaban J connectivity index is 1.89. The summed E-state index contributed by atoms with van der Waals surface area (Å²) in [5, 5.41) is 7.89. The van der Waals surface area contributed by atoms with Gasteiger partial charge >= 0.3 is 0 Å². The number of benzene rings is 2. The van der Waals surface area contributed by atoms with Crippen molar-refractivity contribution in [2.45, 2.75) is 0 Å². The van der Waals surface area contributed by atoms with Gasteiger partial charge in [-0.2, -0.15) is 0 Å². The molecule has 0 atom stereocenters. The highest BCUT2D eigenvalue weighted by molar-refractivity contribution is 5.96. The van der Waals surface area contributed by atoms with Gasteiger partial charge in [0.2, 0.25) is 5.91 Å². The summed E-state index contributed by atoms with van der Waals surface area (Å²) in [4.78, 5) is 23.2. The highest BCUT2D eigenvalue weighted by atomic mass is 19.1. The molecule has 0 aliphatic rings. The van der Waals surface area contributed by atoms with Crippen LogP contribution in [0.25, 0.3) is 0 Å². The Morgan fingerprint density at radius 1 is 1.05 bits per heavy atom. The topological polar surface area (TPSA) is 70.2 Å². The minimum Gasteiger partial charge on any atom is -0.374 e. The third kappa shape index (κ3) is 4.05. The smallest absolute Gasteiger partial charge is 0.251 e. The maximum atomic E-state index is 13.4. The summed E-state index contributed by atoms with van der Waals surface area (Å²) in [6, 6.07) is 12.6. The maximum absolute atomic E-state index is 13.4. The first-order valence-electron chi connectivity index (χ1n) is 6.70. The van der Waals surface area contributed by atoms with Crippen LogP contribution in [0.4, 0.5) is 15.8 Å². The summed E-state index contributed by atoms with van der Waals surface area (Å²) in [6.45, 7) is -0.0574. The minimum absolute atomic E-state index is 0.0574. The van der Waals surface area contributed by atoms with Crippen LogP contribution in [0.2, 0.25) is 0 Å². The fourth-order valence-corrected chi connectivity index (χ4v) is 1.83. The molecule has 2 aromatic rings. The van der Waals surface area contributed by atoms with Crippen LogP contribution in [0.1, 0.15) is 10.4 Å². The van der Waals surface area contributed by atoms with E-state index in [-0.39, 0.29) is 24.0 Å². The van der Waals surface area contributed by atoms with Crippen LogP contribution < -0.4 is 16.0 Å². The van der Waals surface area contributed by atoms with E-state index in [1.165, 1.54) is 6.07 Å². The Bertz CT molecular complexity index is 671. The SMILES string of the molecule is CNC(=O)c1ccc(NC(=O)CNc2ccccc2F)cc1. The molecule has 0 unspecified atom stereocenters. The molecule has 0 fully saturated rings. The van der Waals surface area contributed by atoms with Crippen LogP contribution in [0.15, 0.2) is 48.5 Å². The number of rotatable bonds is 5. The second kappa shape index (κ2) is 7.21. The van der Waals surface area contributed by atoms with Crippen LogP contribution in [-0.2, 0) is 4.79 Å². The molecule has 6 heteroatoms. The summed E-state index contributed by atoms with van der Waals surface area (Å²) < 4.78 is 13.4. The zero-order chi connectivity index (χ0) is 15.9. The van der Waals surface area contributed by atoms with Gasteiger partial charge in [-0.15, -0.1) is 0 Å². The summed E-state index contributed by atoms with van der Waals surface area (Å²) in [5.41, 5.74) is 1.34. The number of halogens is 1. The van der Waals surface area contributed by atoms with Crippen molar-refractivity contribution in [3.63, 3.8) is 0 Å². The summed E-state index contributed by atoms with van der Waals surface area (Å²) in [5.74, 6) is -0.916. The Labute approximate surface area is 127 Å². The predicted octanol–water partition coefficient (Wildman–Crippen LogP) is 2.24. The molecular weight excluding hydrogens is 285 g/mol. The molecule has 0 aromatic heterocycles. The standard InChI is InChI=1S/C16H16FN3O2/c1-18-16(22)11-6-8-12(9-7-11)20-15(21)10-19-14-5-3-2-4-13(14)17/h2-9,19H,10H2,1H3,(H,18,22)(H,20,21). The second-order valence-corrected chi connectivity index (χ2v) is 4.54. The number of amides is 2. The molecule has 0 spiro atoms. The van der Waals surface area contributed by atoms with Crippen LogP contribution >= 0.6 is 0 Å². The third-order valence-corrected chi connectivity index (χ3v) is 2.97. The molecule has 5 nitrogen and oxygen atoms in total. The second-order valence-electron chi connectivity index (χ2n) is 4.54. The van der Waals surface area contributed by atoms with Crippen LogP contribution in [-0.4, -0.2) is 25.4 Å². The third-order valence-electron chi connectivity index (χ3n) is 2.97. The molecule has 0 saturated heterocycles. The Morgan fingerprint density at radius 3 is 2.36 bits per heavy atom. The first-order chi connectivity index (χ1) is 10.6. The van der Waals surface area contributed by atoms with Gasteiger partial charge < -0.3 is 16.0 Å². The molecule has 3 N–H and O–H groups in total. The molecule has 0 aliphatic heterocycles. The lowest BCUT2D eigenvalue weighted by molar-refractivity contribution is -0.114. The molecule has 114 valence electrons. The van der Waals surface area contributed by atoms with Gasteiger partial charge in [0.05, 0.1) is 12.2 Å². The quantitative estimate of drug-likeness (QED) is 0.793. The van der Waals surface area contributed by atoms with Crippen molar-refractivity contribution in [1.29, 1.82) is 0 Å². The zero-order valence-electron chi connectivity index (χ0n) is 12.0. The lowest BCUT2D eigenvalue weighted by atomic mass is 10.2. The number of carbonyl (C=O) groups excluding carboxylic acids is 2. The number of anilines is 2. The van der Waals surface area contributed by atoms with Gasteiger partial charge in [0.15, 0.2) is 0 Å². The van der Waals surface area contributed by atoms with E-state index in [0.29, 0.717) is 11.3 Å². The average molecular weight is 301 g/mol. The van der Waals surface area contributed by atoms with Gasteiger partial charge in [-0.3, -0.25) is 9.59 Å². The van der Waals surface area contributed by atoms with Crippen molar-refractivity contribution in [1.82, 2.24) is 5.32 Å².